The molecular formula is C30H25BrN2O6. The van der Waals surface area contributed by atoms with Crippen molar-refractivity contribution in [2.45, 2.75) is 6.61 Å². The monoisotopic (exact) mass is 588 g/mol. The van der Waals surface area contributed by atoms with Crippen molar-refractivity contribution in [3.05, 3.63) is 118 Å². The van der Waals surface area contributed by atoms with Gasteiger partial charge in [0.15, 0.2) is 11.5 Å². The number of para-hydroxylation sites is 1. The Kier molecular flexibility index (Phi) is 9.31. The number of halogens is 1. The first kappa shape index (κ1) is 27.4. The van der Waals surface area contributed by atoms with E-state index in [4.69, 9.17) is 18.9 Å². The normalized spacial score (nSPS) is 10.6. The van der Waals surface area contributed by atoms with E-state index in [0.717, 1.165) is 10.0 Å². The second-order valence-corrected chi connectivity index (χ2v) is 9.05. The number of hydrogen-bond donors (Lipinski definition) is 1. The first-order chi connectivity index (χ1) is 19.0. The molecule has 0 bridgehead atoms. The highest BCUT2D eigenvalue weighted by Gasteiger charge is 2.16. The number of esters is 1. The smallest absolute Gasteiger partial charge is 0.347 e. The summed E-state index contributed by atoms with van der Waals surface area (Å²) >= 11 is 3.41. The molecule has 39 heavy (non-hydrogen) atoms. The van der Waals surface area contributed by atoms with Crippen molar-refractivity contribution in [2.24, 2.45) is 5.10 Å². The van der Waals surface area contributed by atoms with Crippen molar-refractivity contribution in [3.63, 3.8) is 0 Å². The van der Waals surface area contributed by atoms with E-state index in [1.54, 1.807) is 66.7 Å². The van der Waals surface area contributed by atoms with Crippen LogP contribution in [0.1, 0.15) is 31.8 Å². The van der Waals surface area contributed by atoms with Crippen molar-refractivity contribution in [2.75, 3.05) is 14.2 Å². The highest BCUT2D eigenvalue weighted by molar-refractivity contribution is 9.10. The molecule has 0 unspecified atom stereocenters. The highest BCUT2D eigenvalue weighted by atomic mass is 79.9. The van der Waals surface area contributed by atoms with E-state index >= 15 is 0 Å². The van der Waals surface area contributed by atoms with Crippen LogP contribution in [0.3, 0.4) is 0 Å². The van der Waals surface area contributed by atoms with Crippen molar-refractivity contribution in [3.8, 4) is 23.0 Å². The molecule has 198 valence electrons. The van der Waals surface area contributed by atoms with Gasteiger partial charge in [-0.2, -0.15) is 5.10 Å². The minimum atomic E-state index is -0.579. The van der Waals surface area contributed by atoms with Gasteiger partial charge in [-0.25, -0.2) is 10.2 Å². The second-order valence-electron chi connectivity index (χ2n) is 8.14. The number of benzene rings is 4. The SMILES string of the molecule is COc1cc(C=NNC(=O)c2ccc(OCc3ccc(Br)cc3)cc2)ccc1OC(=O)c1ccccc1OC. The minimum Gasteiger partial charge on any atom is -0.496 e. The summed E-state index contributed by atoms with van der Waals surface area (Å²) in [6.45, 7) is 0.422. The second kappa shape index (κ2) is 13.3. The summed E-state index contributed by atoms with van der Waals surface area (Å²) in [5.74, 6) is 0.661. The molecule has 8 nitrogen and oxygen atoms in total. The Bertz CT molecular complexity index is 1470. The molecule has 0 aliphatic rings. The van der Waals surface area contributed by atoms with Crippen LogP contribution in [-0.2, 0) is 6.61 Å². The fourth-order valence-electron chi connectivity index (χ4n) is 3.50. The maximum absolute atomic E-state index is 12.6. The van der Waals surface area contributed by atoms with Gasteiger partial charge in [0.1, 0.15) is 23.7 Å². The predicted octanol–water partition coefficient (Wildman–Crippen LogP) is 6.03. The van der Waals surface area contributed by atoms with E-state index in [1.807, 2.05) is 24.3 Å². The molecule has 0 radical (unpaired) electrons. The summed E-state index contributed by atoms with van der Waals surface area (Å²) in [5.41, 5.74) is 4.88. The topological polar surface area (TPSA) is 95.5 Å². The fourth-order valence-corrected chi connectivity index (χ4v) is 3.76. The number of nitrogens with zero attached hydrogens (tertiary/aromatic N) is 1. The van der Waals surface area contributed by atoms with Crippen LogP contribution in [0.5, 0.6) is 23.0 Å². The maximum Gasteiger partial charge on any atom is 0.347 e. The molecule has 0 fully saturated rings. The van der Waals surface area contributed by atoms with Gasteiger partial charge in [-0.15, -0.1) is 0 Å². The van der Waals surface area contributed by atoms with Crippen LogP contribution < -0.4 is 24.4 Å². The minimum absolute atomic E-state index is 0.233. The number of carbonyl (C=O) groups is 2. The average Bonchev–Trinajstić information content (AvgIpc) is 2.97. The Hall–Kier alpha value is -4.63. The summed E-state index contributed by atoms with van der Waals surface area (Å²) < 4.78 is 22.9. The van der Waals surface area contributed by atoms with Gasteiger partial charge >= 0.3 is 5.97 Å². The summed E-state index contributed by atoms with van der Waals surface area (Å²) in [4.78, 5) is 25.1. The van der Waals surface area contributed by atoms with Crippen molar-refractivity contribution in [1.29, 1.82) is 0 Å². The van der Waals surface area contributed by atoms with Gasteiger partial charge in [-0.1, -0.05) is 40.2 Å². The Morgan fingerprint density at radius 3 is 2.28 bits per heavy atom. The van der Waals surface area contributed by atoms with Crippen molar-refractivity contribution in [1.82, 2.24) is 5.43 Å². The van der Waals surface area contributed by atoms with E-state index in [2.05, 4.69) is 26.5 Å². The zero-order valence-electron chi connectivity index (χ0n) is 21.2. The van der Waals surface area contributed by atoms with Gasteiger partial charge in [0.2, 0.25) is 0 Å². The van der Waals surface area contributed by atoms with Gasteiger partial charge in [0.05, 0.1) is 20.4 Å². The molecular weight excluding hydrogens is 564 g/mol. The van der Waals surface area contributed by atoms with E-state index in [-0.39, 0.29) is 11.7 Å². The van der Waals surface area contributed by atoms with E-state index in [1.165, 1.54) is 20.4 Å². The van der Waals surface area contributed by atoms with Crippen LogP contribution in [0.15, 0.2) is 101 Å². The maximum atomic E-state index is 12.6. The van der Waals surface area contributed by atoms with E-state index in [0.29, 0.717) is 40.5 Å². The van der Waals surface area contributed by atoms with Gasteiger partial charge < -0.3 is 18.9 Å². The number of carbonyl (C=O) groups excluding carboxylic acids is 2. The molecule has 4 aromatic carbocycles. The summed E-state index contributed by atoms with van der Waals surface area (Å²) in [6, 6.07) is 26.3. The van der Waals surface area contributed by atoms with Gasteiger partial charge in [0, 0.05) is 10.0 Å². The lowest BCUT2D eigenvalue weighted by Crippen LogP contribution is -2.17. The van der Waals surface area contributed by atoms with Crippen LogP contribution in [0.25, 0.3) is 0 Å². The Labute approximate surface area is 234 Å². The van der Waals surface area contributed by atoms with Gasteiger partial charge in [-0.3, -0.25) is 4.79 Å². The third-order valence-corrected chi connectivity index (χ3v) is 6.06. The van der Waals surface area contributed by atoms with Gasteiger partial charge in [-0.05, 0) is 77.9 Å². The standard InChI is InChI=1S/C30H25BrN2O6/c1-36-26-6-4-3-5-25(26)30(35)39-27-16-9-21(17-28(27)37-2)18-32-33-29(34)22-10-14-24(15-11-22)38-19-20-7-12-23(31)13-8-20/h3-18H,19H2,1-2H3,(H,33,34). The molecule has 0 aliphatic heterocycles. The number of rotatable bonds is 10. The number of amides is 1. The number of hydrazone groups is 1. The lowest BCUT2D eigenvalue weighted by molar-refractivity contribution is 0.0726. The molecule has 0 atom stereocenters. The van der Waals surface area contributed by atoms with Crippen LogP contribution in [0.2, 0.25) is 0 Å². The number of hydrogen-bond acceptors (Lipinski definition) is 7. The third-order valence-electron chi connectivity index (χ3n) is 5.53. The molecule has 9 heteroatoms. The van der Waals surface area contributed by atoms with Gasteiger partial charge in [0.25, 0.3) is 5.91 Å². The first-order valence-corrected chi connectivity index (χ1v) is 12.6. The molecule has 0 aromatic heterocycles. The van der Waals surface area contributed by atoms with Crippen LogP contribution in [0, 0.1) is 0 Å². The zero-order chi connectivity index (χ0) is 27.6. The Balaban J connectivity index is 1.33. The summed E-state index contributed by atoms with van der Waals surface area (Å²) in [6.07, 6.45) is 1.46. The molecule has 0 heterocycles. The van der Waals surface area contributed by atoms with Crippen LogP contribution in [-0.4, -0.2) is 32.3 Å². The van der Waals surface area contributed by atoms with Crippen molar-refractivity contribution < 1.29 is 28.5 Å². The lowest BCUT2D eigenvalue weighted by atomic mass is 10.2. The lowest BCUT2D eigenvalue weighted by Gasteiger charge is -2.11. The average molecular weight is 589 g/mol. The predicted molar refractivity (Wildman–Crippen MR) is 151 cm³/mol. The number of nitrogens with one attached hydrogen (secondary N) is 1. The fraction of sp³-hybridized carbons (Fsp3) is 0.100. The van der Waals surface area contributed by atoms with Crippen molar-refractivity contribution >= 4 is 34.0 Å². The molecule has 1 N–H and O–H groups in total. The Morgan fingerprint density at radius 2 is 1.56 bits per heavy atom. The number of ether oxygens (including phenoxy) is 4. The van der Waals surface area contributed by atoms with Crippen LogP contribution >= 0.6 is 15.9 Å². The Morgan fingerprint density at radius 1 is 0.846 bits per heavy atom. The molecule has 4 rings (SSSR count). The molecule has 0 spiro atoms. The largest absolute Gasteiger partial charge is 0.496 e. The quantitative estimate of drug-likeness (QED) is 0.105. The molecule has 1 amide bonds. The molecule has 0 aliphatic carbocycles. The molecule has 0 saturated carbocycles. The summed E-state index contributed by atoms with van der Waals surface area (Å²) in [5, 5.41) is 4.02. The number of methoxy groups -OCH3 is 2. The van der Waals surface area contributed by atoms with Crippen LogP contribution in [0.4, 0.5) is 0 Å². The van der Waals surface area contributed by atoms with E-state index < -0.39 is 5.97 Å². The highest BCUT2D eigenvalue weighted by Crippen LogP contribution is 2.29. The molecule has 0 saturated heterocycles. The summed E-state index contributed by atoms with van der Waals surface area (Å²) in [7, 11) is 2.94. The third kappa shape index (κ3) is 7.45. The molecule has 4 aromatic rings. The van der Waals surface area contributed by atoms with E-state index in [9.17, 15) is 9.59 Å². The zero-order valence-corrected chi connectivity index (χ0v) is 22.8. The first-order valence-electron chi connectivity index (χ1n) is 11.8.